The van der Waals surface area contributed by atoms with Crippen LogP contribution in [-0.4, -0.2) is 21.2 Å². The molecule has 0 atom stereocenters. The van der Waals surface area contributed by atoms with E-state index in [-0.39, 0.29) is 17.2 Å². The minimum Gasteiger partial charge on any atom is -0.325 e. The molecule has 1 aliphatic carbocycles. The number of halogens is 1. The summed E-state index contributed by atoms with van der Waals surface area (Å²) in [5.41, 5.74) is 4.62. The molecular formula is C28H28ClN3O2S2. The van der Waals surface area contributed by atoms with Crippen molar-refractivity contribution >= 4 is 56.5 Å². The Morgan fingerprint density at radius 3 is 2.64 bits per heavy atom. The number of fused-ring (bicyclic) bond motifs is 3. The molecule has 1 N–H and O–H groups in total. The summed E-state index contributed by atoms with van der Waals surface area (Å²) in [5.74, 6) is 0.418. The Morgan fingerprint density at radius 1 is 1.17 bits per heavy atom. The number of amides is 1. The Bertz CT molecular complexity index is 1510. The Kier molecular flexibility index (Phi) is 7.24. The molecule has 0 bridgehead atoms. The van der Waals surface area contributed by atoms with E-state index in [1.165, 1.54) is 22.2 Å². The fourth-order valence-corrected chi connectivity index (χ4v) is 6.80. The molecule has 0 aliphatic heterocycles. The first-order valence-electron chi connectivity index (χ1n) is 12.2. The van der Waals surface area contributed by atoms with Crippen molar-refractivity contribution < 1.29 is 4.79 Å². The normalized spacial score (nSPS) is 13.2. The standard InChI is InChI=1S/C28H28ClN3O2S2/c1-16(2)18-9-11-19(12-10-18)30-24(33)15-35-28-31-26-25(21-6-4-5-7-23(21)36-26)27(34)32(28)20-13-8-17(3)22(29)14-20/h8-14,16H,4-7,15H2,1-3H3,(H,30,33). The largest absolute Gasteiger partial charge is 0.325 e. The van der Waals surface area contributed by atoms with Gasteiger partial charge in [-0.2, -0.15) is 0 Å². The fraction of sp³-hybridized carbons (Fsp3) is 0.321. The molecule has 0 unspecified atom stereocenters. The van der Waals surface area contributed by atoms with Crippen LogP contribution in [0.25, 0.3) is 15.9 Å². The van der Waals surface area contributed by atoms with Gasteiger partial charge in [0.25, 0.3) is 5.56 Å². The van der Waals surface area contributed by atoms with Gasteiger partial charge >= 0.3 is 0 Å². The number of carbonyl (C=O) groups excluding carboxylic acids is 1. The Balaban J connectivity index is 1.48. The lowest BCUT2D eigenvalue weighted by Gasteiger charge is -2.14. The molecule has 2 aromatic heterocycles. The minimum atomic E-state index is -0.148. The quantitative estimate of drug-likeness (QED) is 0.210. The number of rotatable bonds is 6. The van der Waals surface area contributed by atoms with E-state index in [1.807, 2.05) is 43.3 Å². The average molecular weight is 538 g/mol. The molecule has 1 aliphatic rings. The first-order chi connectivity index (χ1) is 17.3. The van der Waals surface area contributed by atoms with Crippen molar-refractivity contribution in [1.82, 2.24) is 9.55 Å². The van der Waals surface area contributed by atoms with E-state index in [2.05, 4.69) is 19.2 Å². The molecule has 2 heterocycles. The number of nitrogens with one attached hydrogen (secondary N) is 1. The summed E-state index contributed by atoms with van der Waals surface area (Å²) in [6.07, 6.45) is 4.13. The van der Waals surface area contributed by atoms with Gasteiger partial charge in [-0.15, -0.1) is 11.3 Å². The number of anilines is 1. The van der Waals surface area contributed by atoms with Gasteiger partial charge in [-0.3, -0.25) is 14.2 Å². The smallest absolute Gasteiger partial charge is 0.267 e. The lowest BCUT2D eigenvalue weighted by Crippen LogP contribution is -2.23. The molecule has 0 spiro atoms. The average Bonchev–Trinajstić information content (AvgIpc) is 3.23. The predicted molar refractivity (Wildman–Crippen MR) is 151 cm³/mol. The molecule has 2 aromatic carbocycles. The summed E-state index contributed by atoms with van der Waals surface area (Å²) in [5, 5.41) is 4.75. The van der Waals surface area contributed by atoms with E-state index in [9.17, 15) is 9.59 Å². The van der Waals surface area contributed by atoms with Crippen LogP contribution >= 0.6 is 34.7 Å². The maximum atomic E-state index is 13.9. The molecule has 186 valence electrons. The molecular weight excluding hydrogens is 510 g/mol. The molecule has 5 rings (SSSR count). The summed E-state index contributed by atoms with van der Waals surface area (Å²) in [4.78, 5) is 33.6. The van der Waals surface area contributed by atoms with Gasteiger partial charge in [0, 0.05) is 15.6 Å². The molecule has 0 saturated heterocycles. The molecule has 0 saturated carbocycles. The van der Waals surface area contributed by atoms with Crippen LogP contribution in [0.3, 0.4) is 0 Å². The monoisotopic (exact) mass is 537 g/mol. The summed E-state index contributed by atoms with van der Waals surface area (Å²) in [7, 11) is 0. The van der Waals surface area contributed by atoms with E-state index >= 15 is 0 Å². The van der Waals surface area contributed by atoms with Crippen LogP contribution in [0.1, 0.15) is 54.2 Å². The van der Waals surface area contributed by atoms with Gasteiger partial charge in [-0.1, -0.05) is 55.4 Å². The van der Waals surface area contributed by atoms with Crippen molar-refractivity contribution in [1.29, 1.82) is 0 Å². The second-order valence-corrected chi connectivity index (χ2v) is 11.9. The zero-order chi connectivity index (χ0) is 25.4. The van der Waals surface area contributed by atoms with Crippen molar-refractivity contribution in [2.45, 2.75) is 57.5 Å². The van der Waals surface area contributed by atoms with Crippen molar-refractivity contribution in [3.8, 4) is 5.69 Å². The molecule has 0 radical (unpaired) electrons. The second kappa shape index (κ2) is 10.4. The fourth-order valence-electron chi connectivity index (χ4n) is 4.51. The van der Waals surface area contributed by atoms with Crippen LogP contribution in [0.15, 0.2) is 52.4 Å². The van der Waals surface area contributed by atoms with E-state index in [0.29, 0.717) is 27.2 Å². The van der Waals surface area contributed by atoms with Gasteiger partial charge in [0.15, 0.2) is 5.16 Å². The van der Waals surface area contributed by atoms with E-state index < -0.39 is 0 Å². The van der Waals surface area contributed by atoms with Gasteiger partial charge in [0.05, 0.1) is 16.8 Å². The third-order valence-electron chi connectivity index (χ3n) is 6.57. The third-order valence-corrected chi connectivity index (χ3v) is 9.10. The molecule has 1 amide bonds. The van der Waals surface area contributed by atoms with Crippen LogP contribution in [-0.2, 0) is 17.6 Å². The molecule has 0 fully saturated rings. The van der Waals surface area contributed by atoms with Crippen LogP contribution in [0, 0.1) is 6.92 Å². The van der Waals surface area contributed by atoms with Crippen molar-refractivity contribution in [2.24, 2.45) is 0 Å². The zero-order valence-corrected chi connectivity index (χ0v) is 22.9. The number of thiophene rings is 1. The van der Waals surface area contributed by atoms with Crippen LogP contribution < -0.4 is 10.9 Å². The van der Waals surface area contributed by atoms with E-state index in [4.69, 9.17) is 16.6 Å². The Morgan fingerprint density at radius 2 is 1.92 bits per heavy atom. The van der Waals surface area contributed by atoms with Crippen molar-refractivity contribution in [3.05, 3.63) is 79.4 Å². The first kappa shape index (κ1) is 25.1. The number of aromatic nitrogens is 2. The molecule has 5 nitrogen and oxygen atoms in total. The van der Waals surface area contributed by atoms with Crippen molar-refractivity contribution in [2.75, 3.05) is 11.1 Å². The minimum absolute atomic E-state index is 0.0912. The second-order valence-electron chi connectivity index (χ2n) is 9.47. The number of hydrogen-bond acceptors (Lipinski definition) is 5. The number of carbonyl (C=O) groups is 1. The lowest BCUT2D eigenvalue weighted by molar-refractivity contribution is -0.113. The first-order valence-corrected chi connectivity index (χ1v) is 14.4. The predicted octanol–water partition coefficient (Wildman–Crippen LogP) is 7.14. The van der Waals surface area contributed by atoms with Crippen LogP contribution in [0.2, 0.25) is 5.02 Å². The van der Waals surface area contributed by atoms with Crippen LogP contribution in [0.5, 0.6) is 0 Å². The number of thioether (sulfide) groups is 1. The summed E-state index contributed by atoms with van der Waals surface area (Å²) >= 11 is 9.30. The summed E-state index contributed by atoms with van der Waals surface area (Å²) in [6, 6.07) is 13.5. The Hall–Kier alpha value is -2.61. The number of hydrogen-bond donors (Lipinski definition) is 1. The highest BCUT2D eigenvalue weighted by molar-refractivity contribution is 7.99. The molecule has 8 heteroatoms. The van der Waals surface area contributed by atoms with E-state index in [0.717, 1.165) is 47.3 Å². The maximum Gasteiger partial charge on any atom is 0.267 e. The SMILES string of the molecule is Cc1ccc(-n2c(SCC(=O)Nc3ccc(C(C)C)cc3)nc3sc4c(c3c2=O)CCCC4)cc1Cl. The van der Waals surface area contributed by atoms with Gasteiger partial charge < -0.3 is 5.32 Å². The number of nitrogens with zero attached hydrogens (tertiary/aromatic N) is 2. The number of aryl methyl sites for hydroxylation is 3. The summed E-state index contributed by atoms with van der Waals surface area (Å²) < 4.78 is 1.62. The topological polar surface area (TPSA) is 64.0 Å². The van der Waals surface area contributed by atoms with E-state index in [1.54, 1.807) is 22.0 Å². The zero-order valence-electron chi connectivity index (χ0n) is 20.6. The molecule has 4 aromatic rings. The molecule has 36 heavy (non-hydrogen) atoms. The number of benzene rings is 2. The highest BCUT2D eigenvalue weighted by atomic mass is 35.5. The third kappa shape index (κ3) is 4.97. The van der Waals surface area contributed by atoms with Gasteiger partial charge in [-0.05, 0) is 79.5 Å². The van der Waals surface area contributed by atoms with Gasteiger partial charge in [-0.25, -0.2) is 4.98 Å². The van der Waals surface area contributed by atoms with Crippen LogP contribution in [0.4, 0.5) is 5.69 Å². The summed E-state index contributed by atoms with van der Waals surface area (Å²) in [6.45, 7) is 6.21. The van der Waals surface area contributed by atoms with Crippen molar-refractivity contribution in [3.63, 3.8) is 0 Å². The lowest BCUT2D eigenvalue weighted by atomic mass is 9.97. The maximum absolute atomic E-state index is 13.9. The highest BCUT2D eigenvalue weighted by Gasteiger charge is 2.23. The van der Waals surface area contributed by atoms with Gasteiger partial charge in [0.2, 0.25) is 5.91 Å². The Labute approximate surface area is 223 Å². The highest BCUT2D eigenvalue weighted by Crippen LogP contribution is 2.35. The van der Waals surface area contributed by atoms with Gasteiger partial charge in [0.1, 0.15) is 4.83 Å².